The molecule has 5 nitrogen and oxygen atoms in total. The van der Waals surface area contributed by atoms with Gasteiger partial charge in [-0.1, -0.05) is 12.1 Å². The summed E-state index contributed by atoms with van der Waals surface area (Å²) >= 11 is 0. The van der Waals surface area contributed by atoms with Gasteiger partial charge in [-0.05, 0) is 61.9 Å². The van der Waals surface area contributed by atoms with Crippen LogP contribution in [0.4, 0.5) is 0 Å². The van der Waals surface area contributed by atoms with Gasteiger partial charge in [0, 0.05) is 32.2 Å². The van der Waals surface area contributed by atoms with Crippen molar-refractivity contribution < 1.29 is 9.47 Å². The van der Waals surface area contributed by atoms with E-state index in [2.05, 4.69) is 34.1 Å². The van der Waals surface area contributed by atoms with Gasteiger partial charge in [0.15, 0.2) is 0 Å². The van der Waals surface area contributed by atoms with Crippen LogP contribution in [0.1, 0.15) is 31.2 Å². The van der Waals surface area contributed by atoms with Gasteiger partial charge < -0.3 is 14.0 Å². The van der Waals surface area contributed by atoms with Crippen LogP contribution in [-0.2, 0) is 17.8 Å². The lowest BCUT2D eigenvalue weighted by molar-refractivity contribution is -0.0217. The molecule has 2 saturated heterocycles. The van der Waals surface area contributed by atoms with Crippen molar-refractivity contribution >= 4 is 0 Å². The minimum atomic E-state index is 0.571. The van der Waals surface area contributed by atoms with Crippen LogP contribution in [0.15, 0.2) is 43.0 Å². The lowest BCUT2D eigenvalue weighted by Gasteiger charge is -2.44. The maximum Gasteiger partial charge on any atom is 0.119 e. The van der Waals surface area contributed by atoms with Crippen molar-refractivity contribution in [3.8, 4) is 5.75 Å². The van der Waals surface area contributed by atoms with E-state index in [-0.39, 0.29) is 0 Å². The quantitative estimate of drug-likeness (QED) is 0.797. The van der Waals surface area contributed by atoms with Crippen LogP contribution >= 0.6 is 0 Å². The van der Waals surface area contributed by atoms with E-state index < -0.39 is 0 Å². The highest BCUT2D eigenvalue weighted by atomic mass is 16.5. The maximum absolute atomic E-state index is 5.83. The highest BCUT2D eigenvalue weighted by molar-refractivity contribution is 5.27. The molecule has 3 heterocycles. The first kappa shape index (κ1) is 17.6. The van der Waals surface area contributed by atoms with Gasteiger partial charge in [-0.2, -0.15) is 0 Å². The number of nitrogens with zero attached hydrogens (tertiary/aromatic N) is 3. The summed E-state index contributed by atoms with van der Waals surface area (Å²) < 4.78 is 13.4. The predicted molar refractivity (Wildman–Crippen MR) is 101 cm³/mol. The van der Waals surface area contributed by atoms with Crippen molar-refractivity contribution in [3.63, 3.8) is 0 Å². The Balaban J connectivity index is 1.21. The minimum Gasteiger partial charge on any atom is -0.492 e. The Hall–Kier alpha value is -1.85. The second kappa shape index (κ2) is 8.23. The molecule has 0 unspecified atom stereocenters. The normalized spacial score (nSPS) is 20.3. The highest BCUT2D eigenvalue weighted by Gasteiger charge is 2.35. The van der Waals surface area contributed by atoms with Gasteiger partial charge in [0.2, 0.25) is 0 Å². The third-order valence-electron chi connectivity index (χ3n) is 5.98. The zero-order chi connectivity index (χ0) is 17.7. The standard InChI is InChI=1S/C21H29N3O2/c1-3-20(26-16-13-24-12-9-22-18-24)4-2-19(1)17-23-10-5-21(6-11-23)7-14-25-15-8-21/h1-4,9,12,18H,5-8,10-11,13-17H2. The molecule has 2 aromatic rings. The summed E-state index contributed by atoms with van der Waals surface area (Å²) in [4.78, 5) is 6.63. The number of likely N-dealkylation sites (tertiary alicyclic amines) is 1. The molecule has 2 aliphatic heterocycles. The summed E-state index contributed by atoms with van der Waals surface area (Å²) in [5.74, 6) is 0.939. The van der Waals surface area contributed by atoms with Gasteiger partial charge in [-0.25, -0.2) is 4.98 Å². The van der Waals surface area contributed by atoms with Crippen LogP contribution in [0.25, 0.3) is 0 Å². The van der Waals surface area contributed by atoms with Crippen molar-refractivity contribution in [2.75, 3.05) is 32.9 Å². The van der Waals surface area contributed by atoms with Crippen LogP contribution in [0.2, 0.25) is 0 Å². The number of rotatable bonds is 6. The van der Waals surface area contributed by atoms with E-state index in [0.29, 0.717) is 12.0 Å². The number of imidazole rings is 1. The molecule has 4 rings (SSSR count). The van der Waals surface area contributed by atoms with Crippen molar-refractivity contribution in [1.82, 2.24) is 14.5 Å². The van der Waals surface area contributed by atoms with Crippen LogP contribution in [0.3, 0.4) is 0 Å². The molecule has 0 atom stereocenters. The molecule has 2 fully saturated rings. The summed E-state index contributed by atoms with van der Waals surface area (Å²) in [6, 6.07) is 8.58. The monoisotopic (exact) mass is 355 g/mol. The molecule has 140 valence electrons. The zero-order valence-corrected chi connectivity index (χ0v) is 15.5. The molecule has 5 heteroatoms. The first-order valence-corrected chi connectivity index (χ1v) is 9.79. The van der Waals surface area contributed by atoms with Gasteiger partial charge in [0.25, 0.3) is 0 Å². The van der Waals surface area contributed by atoms with Crippen LogP contribution in [-0.4, -0.2) is 47.4 Å². The number of hydrogen-bond donors (Lipinski definition) is 0. The minimum absolute atomic E-state index is 0.571. The largest absolute Gasteiger partial charge is 0.492 e. The lowest BCUT2D eigenvalue weighted by Crippen LogP contribution is -2.42. The third-order valence-corrected chi connectivity index (χ3v) is 5.98. The first-order chi connectivity index (χ1) is 12.8. The van der Waals surface area contributed by atoms with Gasteiger partial charge in [-0.15, -0.1) is 0 Å². The molecule has 0 amide bonds. The SMILES string of the molecule is c1cn(CCOc2ccc(CN3CCC4(CCOCC4)CC3)cc2)cn1. The number of hydrogen-bond acceptors (Lipinski definition) is 4. The highest BCUT2D eigenvalue weighted by Crippen LogP contribution is 2.40. The number of aromatic nitrogens is 2. The fraction of sp³-hybridized carbons (Fsp3) is 0.571. The van der Waals surface area contributed by atoms with Crippen LogP contribution in [0, 0.1) is 5.41 Å². The Morgan fingerprint density at radius 2 is 1.81 bits per heavy atom. The van der Waals surface area contributed by atoms with Crippen molar-refractivity contribution in [3.05, 3.63) is 48.5 Å². The van der Waals surface area contributed by atoms with E-state index >= 15 is 0 Å². The molecule has 0 radical (unpaired) electrons. The molecule has 1 spiro atoms. The summed E-state index contributed by atoms with van der Waals surface area (Å²) in [5.41, 5.74) is 1.94. The average molecular weight is 355 g/mol. The summed E-state index contributed by atoms with van der Waals surface area (Å²) in [5, 5.41) is 0. The molecular formula is C21H29N3O2. The fourth-order valence-electron chi connectivity index (χ4n) is 4.13. The first-order valence-electron chi connectivity index (χ1n) is 9.79. The molecule has 0 saturated carbocycles. The Bertz CT molecular complexity index is 653. The van der Waals surface area contributed by atoms with E-state index in [9.17, 15) is 0 Å². The van der Waals surface area contributed by atoms with E-state index in [4.69, 9.17) is 9.47 Å². The predicted octanol–water partition coefficient (Wildman–Crippen LogP) is 3.35. The van der Waals surface area contributed by atoms with Crippen molar-refractivity contribution in [2.45, 2.75) is 38.8 Å². The van der Waals surface area contributed by atoms with Crippen molar-refractivity contribution in [2.24, 2.45) is 5.41 Å². The van der Waals surface area contributed by atoms with Crippen molar-refractivity contribution in [1.29, 1.82) is 0 Å². The van der Waals surface area contributed by atoms with E-state index in [1.54, 1.807) is 6.20 Å². The second-order valence-corrected chi connectivity index (χ2v) is 7.68. The molecular weight excluding hydrogens is 326 g/mol. The molecule has 1 aromatic heterocycles. The smallest absolute Gasteiger partial charge is 0.119 e. The number of benzene rings is 1. The lowest BCUT2D eigenvalue weighted by atomic mass is 9.72. The molecule has 0 N–H and O–H groups in total. The Morgan fingerprint density at radius 1 is 1.04 bits per heavy atom. The Kier molecular flexibility index (Phi) is 5.56. The summed E-state index contributed by atoms with van der Waals surface area (Å²) in [7, 11) is 0. The van der Waals surface area contributed by atoms with Gasteiger partial charge in [-0.3, -0.25) is 4.90 Å². The Labute approximate surface area is 155 Å². The third kappa shape index (κ3) is 4.46. The van der Waals surface area contributed by atoms with Gasteiger partial charge in [0.1, 0.15) is 12.4 Å². The van der Waals surface area contributed by atoms with Gasteiger partial charge in [0.05, 0.1) is 12.9 Å². The molecule has 0 aliphatic carbocycles. The fourth-order valence-corrected chi connectivity index (χ4v) is 4.13. The molecule has 1 aromatic carbocycles. The zero-order valence-electron chi connectivity index (χ0n) is 15.5. The second-order valence-electron chi connectivity index (χ2n) is 7.68. The average Bonchev–Trinajstić information content (AvgIpc) is 3.20. The summed E-state index contributed by atoms with van der Waals surface area (Å²) in [6.45, 7) is 6.87. The van der Waals surface area contributed by atoms with Crippen LogP contribution in [0.5, 0.6) is 5.75 Å². The maximum atomic E-state index is 5.83. The summed E-state index contributed by atoms with van der Waals surface area (Å²) in [6.07, 6.45) is 10.7. The Morgan fingerprint density at radius 3 is 2.50 bits per heavy atom. The van der Waals surface area contributed by atoms with Gasteiger partial charge >= 0.3 is 0 Å². The van der Waals surface area contributed by atoms with Crippen LogP contribution < -0.4 is 4.74 Å². The molecule has 26 heavy (non-hydrogen) atoms. The topological polar surface area (TPSA) is 39.5 Å². The number of piperidine rings is 1. The van der Waals surface area contributed by atoms with E-state index in [1.165, 1.54) is 44.3 Å². The molecule has 0 bridgehead atoms. The molecule has 2 aliphatic rings. The van der Waals surface area contributed by atoms with E-state index in [1.807, 2.05) is 17.1 Å². The van der Waals surface area contributed by atoms with E-state index in [0.717, 1.165) is 32.1 Å². The number of ether oxygens (including phenoxy) is 2.